The Bertz CT molecular complexity index is 457. The van der Waals surface area contributed by atoms with Crippen LogP contribution in [-0.2, 0) is 13.6 Å². The van der Waals surface area contributed by atoms with E-state index in [9.17, 15) is 17.7 Å². The molecule has 0 saturated heterocycles. The molecule has 1 aromatic rings. The molecule has 1 atom stereocenters. The van der Waals surface area contributed by atoms with Gasteiger partial charge in [0.25, 0.3) is 0 Å². The maximum atomic E-state index is 13.1. The van der Waals surface area contributed by atoms with Crippen LogP contribution in [0.2, 0.25) is 0 Å². The summed E-state index contributed by atoms with van der Waals surface area (Å²) in [6.07, 6.45) is -5.34. The number of hydrogen-bond donors (Lipinski definition) is 1. The highest BCUT2D eigenvalue weighted by Crippen LogP contribution is 2.50. The van der Waals surface area contributed by atoms with Crippen molar-refractivity contribution in [3.05, 3.63) is 30.3 Å². The van der Waals surface area contributed by atoms with E-state index in [2.05, 4.69) is 5.32 Å². The lowest BCUT2D eigenvalue weighted by atomic mass is 10.2. The summed E-state index contributed by atoms with van der Waals surface area (Å²) in [5.41, 5.74) is 0.291. The molecule has 4 nitrogen and oxygen atoms in total. The minimum Gasteiger partial charge on any atom is -0.373 e. The van der Waals surface area contributed by atoms with E-state index >= 15 is 0 Å². The van der Waals surface area contributed by atoms with Crippen LogP contribution in [0.3, 0.4) is 0 Å². The van der Waals surface area contributed by atoms with Crippen LogP contribution in [0.25, 0.3) is 0 Å². The molecule has 120 valence electrons. The van der Waals surface area contributed by atoms with E-state index in [0.29, 0.717) is 5.69 Å². The maximum Gasteiger partial charge on any atom is 0.409 e. The molecule has 1 unspecified atom stereocenters. The molecule has 0 amide bonds. The summed E-state index contributed by atoms with van der Waals surface area (Å²) in [6.45, 7) is 3.15. The van der Waals surface area contributed by atoms with E-state index in [1.165, 1.54) is 12.1 Å². The Balaban J connectivity index is 2.90. The summed E-state index contributed by atoms with van der Waals surface area (Å²) in [5.74, 6) is 0. The topological polar surface area (TPSA) is 47.6 Å². The minimum absolute atomic E-state index is 0.0210. The second-order valence-corrected chi connectivity index (χ2v) is 6.34. The van der Waals surface area contributed by atoms with Crippen LogP contribution in [0.15, 0.2) is 30.3 Å². The van der Waals surface area contributed by atoms with E-state index in [4.69, 9.17) is 9.05 Å². The molecule has 0 aliphatic carbocycles. The van der Waals surface area contributed by atoms with Crippen molar-refractivity contribution >= 4 is 13.3 Å². The highest BCUT2D eigenvalue weighted by atomic mass is 31.2. The normalized spacial score (nSPS) is 14.0. The number of anilines is 1. The number of nitrogens with one attached hydrogen (secondary N) is 1. The van der Waals surface area contributed by atoms with Crippen LogP contribution in [0.5, 0.6) is 0 Å². The summed E-state index contributed by atoms with van der Waals surface area (Å²) in [7, 11) is -3.79. The molecule has 1 rings (SSSR count). The van der Waals surface area contributed by atoms with Crippen LogP contribution in [0, 0.1) is 0 Å². The van der Waals surface area contributed by atoms with Gasteiger partial charge in [0.05, 0.1) is 19.4 Å². The van der Waals surface area contributed by atoms with Crippen molar-refractivity contribution in [1.82, 2.24) is 0 Å². The zero-order valence-electron chi connectivity index (χ0n) is 11.9. The first-order chi connectivity index (χ1) is 9.80. The van der Waals surface area contributed by atoms with E-state index in [1.807, 2.05) is 0 Å². The van der Waals surface area contributed by atoms with Crippen LogP contribution >= 0.6 is 7.60 Å². The third kappa shape index (κ3) is 6.08. The fraction of sp³-hybridized carbons (Fsp3) is 0.538. The van der Waals surface area contributed by atoms with Gasteiger partial charge < -0.3 is 14.4 Å². The molecule has 0 heterocycles. The number of rotatable bonds is 8. The molecule has 1 N–H and O–H groups in total. The quantitative estimate of drug-likeness (QED) is 0.724. The lowest BCUT2D eigenvalue weighted by Crippen LogP contribution is -2.39. The summed E-state index contributed by atoms with van der Waals surface area (Å²) < 4.78 is 61.5. The number of halogens is 3. The van der Waals surface area contributed by atoms with E-state index < -0.39 is 26.0 Å². The molecular formula is C13H19F3NO3P. The van der Waals surface area contributed by atoms with Gasteiger partial charge in [-0.2, -0.15) is 13.2 Å². The van der Waals surface area contributed by atoms with Crippen molar-refractivity contribution in [3.63, 3.8) is 0 Å². The minimum atomic E-state index is -4.57. The Morgan fingerprint density at radius 1 is 1.14 bits per heavy atom. The van der Waals surface area contributed by atoms with E-state index in [1.54, 1.807) is 32.0 Å². The first-order valence-electron chi connectivity index (χ1n) is 6.57. The van der Waals surface area contributed by atoms with Crippen molar-refractivity contribution in [1.29, 1.82) is 0 Å². The first kappa shape index (κ1) is 18.0. The predicted octanol–water partition coefficient (Wildman–Crippen LogP) is 4.30. The van der Waals surface area contributed by atoms with Crippen molar-refractivity contribution < 1.29 is 26.8 Å². The van der Waals surface area contributed by atoms with Gasteiger partial charge in [-0.05, 0) is 26.0 Å². The first-order valence-corrected chi connectivity index (χ1v) is 8.30. The van der Waals surface area contributed by atoms with Gasteiger partial charge in [-0.1, -0.05) is 18.2 Å². The molecule has 21 heavy (non-hydrogen) atoms. The Morgan fingerprint density at radius 2 is 1.67 bits per heavy atom. The Labute approximate surface area is 122 Å². The van der Waals surface area contributed by atoms with Gasteiger partial charge in [-0.25, -0.2) is 0 Å². The van der Waals surface area contributed by atoms with Gasteiger partial charge in [0, 0.05) is 5.69 Å². The van der Waals surface area contributed by atoms with Gasteiger partial charge in [0.2, 0.25) is 0 Å². The maximum absolute atomic E-state index is 13.1. The van der Waals surface area contributed by atoms with Crippen molar-refractivity contribution in [2.75, 3.05) is 24.7 Å². The Morgan fingerprint density at radius 3 is 2.10 bits per heavy atom. The van der Waals surface area contributed by atoms with Crippen molar-refractivity contribution in [2.45, 2.75) is 26.1 Å². The van der Waals surface area contributed by atoms with Crippen molar-refractivity contribution in [2.24, 2.45) is 0 Å². The van der Waals surface area contributed by atoms with Crippen LogP contribution < -0.4 is 5.32 Å². The summed E-state index contributed by atoms with van der Waals surface area (Å²) in [5, 5.41) is 2.33. The summed E-state index contributed by atoms with van der Waals surface area (Å²) in [4.78, 5) is 0. The number of alkyl halides is 3. The third-order valence-corrected chi connectivity index (χ3v) is 4.68. The zero-order valence-corrected chi connectivity index (χ0v) is 12.8. The Kier molecular flexibility index (Phi) is 6.71. The average Bonchev–Trinajstić information content (AvgIpc) is 2.38. The molecule has 0 aliphatic heterocycles. The highest BCUT2D eigenvalue weighted by molar-refractivity contribution is 7.53. The van der Waals surface area contributed by atoms with Gasteiger partial charge in [0.15, 0.2) is 0 Å². The van der Waals surface area contributed by atoms with E-state index in [-0.39, 0.29) is 13.2 Å². The molecule has 0 saturated carbocycles. The highest BCUT2D eigenvalue weighted by Gasteiger charge is 2.45. The molecule has 0 spiro atoms. The SMILES string of the molecule is CCOP(=O)(CC(Nc1ccccc1)C(F)(F)F)OCC. The molecule has 0 aliphatic rings. The standard InChI is InChI=1S/C13H19F3NO3P/c1-3-19-21(18,20-4-2)10-12(13(14,15)16)17-11-8-6-5-7-9-11/h5-9,12,17H,3-4,10H2,1-2H3. The lowest BCUT2D eigenvalue weighted by Gasteiger charge is -2.26. The van der Waals surface area contributed by atoms with Gasteiger partial charge >= 0.3 is 13.8 Å². The number of benzene rings is 1. The van der Waals surface area contributed by atoms with Crippen molar-refractivity contribution in [3.8, 4) is 0 Å². The third-order valence-electron chi connectivity index (χ3n) is 2.57. The van der Waals surface area contributed by atoms with Crippen LogP contribution in [0.1, 0.15) is 13.8 Å². The molecule has 0 radical (unpaired) electrons. The lowest BCUT2D eigenvalue weighted by molar-refractivity contribution is -0.138. The fourth-order valence-corrected chi connectivity index (χ4v) is 3.54. The smallest absolute Gasteiger partial charge is 0.373 e. The van der Waals surface area contributed by atoms with Crippen LogP contribution in [-0.4, -0.2) is 31.6 Å². The molecular weight excluding hydrogens is 306 g/mol. The Hall–Kier alpha value is -1.04. The predicted molar refractivity (Wildman–Crippen MR) is 75.6 cm³/mol. The average molecular weight is 325 g/mol. The molecule has 0 aromatic heterocycles. The number of para-hydroxylation sites is 1. The molecule has 8 heteroatoms. The molecule has 0 bridgehead atoms. The number of hydrogen-bond acceptors (Lipinski definition) is 4. The van der Waals surface area contributed by atoms with Crippen LogP contribution in [0.4, 0.5) is 18.9 Å². The monoisotopic (exact) mass is 325 g/mol. The second-order valence-electron chi connectivity index (χ2n) is 4.23. The molecule has 1 aromatic carbocycles. The summed E-state index contributed by atoms with van der Waals surface area (Å²) in [6, 6.07) is 5.92. The van der Waals surface area contributed by atoms with E-state index in [0.717, 1.165) is 0 Å². The van der Waals surface area contributed by atoms with Gasteiger partial charge in [0.1, 0.15) is 6.04 Å². The van der Waals surface area contributed by atoms with Gasteiger partial charge in [-0.3, -0.25) is 4.57 Å². The largest absolute Gasteiger partial charge is 0.409 e. The van der Waals surface area contributed by atoms with Gasteiger partial charge in [-0.15, -0.1) is 0 Å². The second kappa shape index (κ2) is 7.82. The zero-order chi connectivity index (χ0) is 15.9. The molecule has 0 fully saturated rings. The fourth-order valence-electron chi connectivity index (χ4n) is 1.73. The summed E-state index contributed by atoms with van der Waals surface area (Å²) >= 11 is 0.